The van der Waals surface area contributed by atoms with E-state index in [-0.39, 0.29) is 5.75 Å². The zero-order valence-corrected chi connectivity index (χ0v) is 13.9. The Bertz CT molecular complexity index is 527. The standard InChI is InChI=1S/C18H27NO3/c1-12(2)7-8-13(3)6-5-9-21-18-16-15(11-22-18)10-19-14(4)17(16)20/h10,13,18,20H,1,5-9,11H2,2-4H3. The molecule has 1 aliphatic rings. The maximum absolute atomic E-state index is 10.1. The van der Waals surface area contributed by atoms with Crippen molar-refractivity contribution in [1.82, 2.24) is 4.98 Å². The maximum Gasteiger partial charge on any atom is 0.188 e. The Hall–Kier alpha value is -1.39. The third kappa shape index (κ3) is 4.31. The van der Waals surface area contributed by atoms with Crippen molar-refractivity contribution in [3.63, 3.8) is 0 Å². The number of allylic oxidation sites excluding steroid dienone is 1. The summed E-state index contributed by atoms with van der Waals surface area (Å²) in [7, 11) is 0. The normalized spacial score (nSPS) is 18.2. The summed E-state index contributed by atoms with van der Waals surface area (Å²) in [6.45, 7) is 11.2. The van der Waals surface area contributed by atoms with Crippen LogP contribution in [-0.2, 0) is 16.1 Å². The quantitative estimate of drug-likeness (QED) is 0.571. The van der Waals surface area contributed by atoms with Crippen LogP contribution in [0.2, 0.25) is 0 Å². The number of rotatable bonds is 8. The summed E-state index contributed by atoms with van der Waals surface area (Å²) < 4.78 is 11.4. The van der Waals surface area contributed by atoms with E-state index >= 15 is 0 Å². The molecule has 2 atom stereocenters. The lowest BCUT2D eigenvalue weighted by molar-refractivity contribution is -0.139. The minimum absolute atomic E-state index is 0.204. The van der Waals surface area contributed by atoms with Crippen molar-refractivity contribution in [2.45, 2.75) is 59.4 Å². The summed E-state index contributed by atoms with van der Waals surface area (Å²) in [4.78, 5) is 4.15. The average molecular weight is 305 g/mol. The van der Waals surface area contributed by atoms with Gasteiger partial charge in [-0.1, -0.05) is 12.5 Å². The first-order valence-electron chi connectivity index (χ1n) is 8.04. The third-order valence-electron chi connectivity index (χ3n) is 4.16. The zero-order valence-electron chi connectivity index (χ0n) is 13.9. The highest BCUT2D eigenvalue weighted by Gasteiger charge is 2.28. The Kier molecular flexibility index (Phi) is 5.98. The summed E-state index contributed by atoms with van der Waals surface area (Å²) in [6, 6.07) is 0. The van der Waals surface area contributed by atoms with E-state index in [1.165, 1.54) is 12.0 Å². The molecular formula is C18H27NO3. The van der Waals surface area contributed by atoms with Gasteiger partial charge in [0.25, 0.3) is 0 Å². The molecule has 0 amide bonds. The Morgan fingerprint density at radius 2 is 2.32 bits per heavy atom. The van der Waals surface area contributed by atoms with Crippen molar-refractivity contribution in [3.05, 3.63) is 35.2 Å². The number of hydrogen-bond acceptors (Lipinski definition) is 4. The number of ether oxygens (including phenoxy) is 2. The van der Waals surface area contributed by atoms with Crippen LogP contribution in [0.5, 0.6) is 5.75 Å². The van der Waals surface area contributed by atoms with Gasteiger partial charge in [-0.2, -0.15) is 0 Å². The van der Waals surface area contributed by atoms with Gasteiger partial charge in [-0.05, 0) is 45.4 Å². The first-order valence-corrected chi connectivity index (χ1v) is 8.04. The summed E-state index contributed by atoms with van der Waals surface area (Å²) in [5, 5.41) is 10.1. The predicted molar refractivity (Wildman–Crippen MR) is 86.6 cm³/mol. The van der Waals surface area contributed by atoms with Crippen molar-refractivity contribution < 1.29 is 14.6 Å². The van der Waals surface area contributed by atoms with Crippen molar-refractivity contribution >= 4 is 0 Å². The van der Waals surface area contributed by atoms with E-state index in [2.05, 4.69) is 25.4 Å². The molecule has 4 nitrogen and oxygen atoms in total. The highest BCUT2D eigenvalue weighted by molar-refractivity contribution is 5.43. The van der Waals surface area contributed by atoms with Gasteiger partial charge in [0, 0.05) is 11.8 Å². The van der Waals surface area contributed by atoms with Gasteiger partial charge < -0.3 is 14.6 Å². The van der Waals surface area contributed by atoms with Gasteiger partial charge in [-0.25, -0.2) is 0 Å². The van der Waals surface area contributed by atoms with E-state index < -0.39 is 6.29 Å². The maximum atomic E-state index is 10.1. The van der Waals surface area contributed by atoms with Crippen LogP contribution >= 0.6 is 0 Å². The first kappa shape index (κ1) is 17.0. The predicted octanol–water partition coefficient (Wildman–Crippen LogP) is 4.41. The van der Waals surface area contributed by atoms with Crippen molar-refractivity contribution in [3.8, 4) is 5.75 Å². The molecule has 1 aromatic rings. The number of fused-ring (bicyclic) bond motifs is 1. The van der Waals surface area contributed by atoms with E-state index in [1.807, 2.05) is 0 Å². The Morgan fingerprint density at radius 3 is 3.05 bits per heavy atom. The lowest BCUT2D eigenvalue weighted by atomic mass is 9.98. The molecule has 0 bridgehead atoms. The van der Waals surface area contributed by atoms with Gasteiger partial charge in [0.2, 0.25) is 0 Å². The summed E-state index contributed by atoms with van der Waals surface area (Å²) in [5.41, 5.74) is 3.54. The lowest BCUT2D eigenvalue weighted by Gasteiger charge is -2.15. The molecule has 0 spiro atoms. The van der Waals surface area contributed by atoms with Crippen LogP contribution in [0.15, 0.2) is 18.3 Å². The fraction of sp³-hybridized carbons (Fsp3) is 0.611. The number of aromatic hydroxyl groups is 1. The SMILES string of the molecule is C=C(C)CCC(C)CCCOC1OCc2cnc(C)c(O)c21. The van der Waals surface area contributed by atoms with Crippen molar-refractivity contribution in [2.24, 2.45) is 5.92 Å². The fourth-order valence-electron chi connectivity index (χ4n) is 2.67. The third-order valence-corrected chi connectivity index (χ3v) is 4.16. The van der Waals surface area contributed by atoms with Crippen LogP contribution in [0, 0.1) is 12.8 Å². The molecule has 2 rings (SSSR count). The van der Waals surface area contributed by atoms with E-state index in [4.69, 9.17) is 9.47 Å². The van der Waals surface area contributed by atoms with E-state index in [0.717, 1.165) is 30.4 Å². The van der Waals surface area contributed by atoms with Crippen molar-refractivity contribution in [1.29, 1.82) is 0 Å². The summed E-state index contributed by atoms with van der Waals surface area (Å²) >= 11 is 0. The molecule has 2 unspecified atom stereocenters. The molecule has 1 N–H and O–H groups in total. The highest BCUT2D eigenvalue weighted by atomic mass is 16.7. The van der Waals surface area contributed by atoms with Crippen molar-refractivity contribution in [2.75, 3.05) is 6.61 Å². The second-order valence-corrected chi connectivity index (χ2v) is 6.39. The molecule has 4 heteroatoms. The van der Waals surface area contributed by atoms with Crippen LogP contribution in [0.25, 0.3) is 0 Å². The Morgan fingerprint density at radius 1 is 1.55 bits per heavy atom. The van der Waals surface area contributed by atoms with Gasteiger partial charge in [0.15, 0.2) is 6.29 Å². The Balaban J connectivity index is 1.76. The number of aromatic nitrogens is 1. The zero-order chi connectivity index (χ0) is 16.1. The molecule has 0 saturated heterocycles. The van der Waals surface area contributed by atoms with Gasteiger partial charge in [0.1, 0.15) is 5.75 Å². The monoisotopic (exact) mass is 305 g/mol. The number of pyridine rings is 1. The van der Waals surface area contributed by atoms with Crippen LogP contribution in [0.1, 0.15) is 62.6 Å². The highest BCUT2D eigenvalue weighted by Crippen LogP contribution is 2.38. The number of hydrogen-bond donors (Lipinski definition) is 1. The van der Waals surface area contributed by atoms with Crippen LogP contribution in [0.3, 0.4) is 0 Å². The number of aryl methyl sites for hydroxylation is 1. The van der Waals surface area contributed by atoms with Gasteiger partial charge in [0.05, 0.1) is 24.5 Å². The molecule has 122 valence electrons. The smallest absolute Gasteiger partial charge is 0.188 e. The minimum Gasteiger partial charge on any atom is -0.506 e. The van der Waals surface area contributed by atoms with Crippen LogP contribution < -0.4 is 0 Å². The first-order chi connectivity index (χ1) is 10.5. The summed E-state index contributed by atoms with van der Waals surface area (Å²) in [6.07, 6.45) is 5.71. The van der Waals surface area contributed by atoms with Gasteiger partial charge >= 0.3 is 0 Å². The van der Waals surface area contributed by atoms with Crippen LogP contribution in [-0.4, -0.2) is 16.7 Å². The molecule has 1 aromatic heterocycles. The van der Waals surface area contributed by atoms with Crippen LogP contribution in [0.4, 0.5) is 0 Å². The second-order valence-electron chi connectivity index (χ2n) is 6.39. The molecule has 22 heavy (non-hydrogen) atoms. The lowest BCUT2D eigenvalue weighted by Crippen LogP contribution is -2.06. The average Bonchev–Trinajstić information content (AvgIpc) is 2.89. The molecule has 0 saturated carbocycles. The molecule has 0 fully saturated rings. The van der Waals surface area contributed by atoms with Gasteiger partial charge in [-0.3, -0.25) is 4.98 Å². The second kappa shape index (κ2) is 7.75. The largest absolute Gasteiger partial charge is 0.506 e. The van der Waals surface area contributed by atoms with Gasteiger partial charge in [-0.15, -0.1) is 6.58 Å². The molecule has 2 heterocycles. The van der Waals surface area contributed by atoms with E-state index in [0.29, 0.717) is 24.8 Å². The fourth-order valence-corrected chi connectivity index (χ4v) is 2.67. The topological polar surface area (TPSA) is 51.6 Å². The van der Waals surface area contributed by atoms with E-state index in [1.54, 1.807) is 13.1 Å². The molecule has 0 radical (unpaired) electrons. The molecular weight excluding hydrogens is 278 g/mol. The summed E-state index contributed by atoms with van der Waals surface area (Å²) in [5.74, 6) is 0.881. The molecule has 0 aliphatic carbocycles. The minimum atomic E-state index is -0.456. The Labute approximate surface area is 133 Å². The van der Waals surface area contributed by atoms with E-state index in [9.17, 15) is 5.11 Å². The molecule has 1 aliphatic heterocycles. The molecule has 0 aromatic carbocycles. The number of nitrogens with zero attached hydrogens (tertiary/aromatic N) is 1.